The molecule has 2 rings (SSSR count). The van der Waals surface area contributed by atoms with E-state index in [2.05, 4.69) is 34.3 Å². The summed E-state index contributed by atoms with van der Waals surface area (Å²) in [6, 6.07) is 4.13. The summed E-state index contributed by atoms with van der Waals surface area (Å²) in [5.41, 5.74) is 2.53. The first kappa shape index (κ1) is 21.8. The summed E-state index contributed by atoms with van der Waals surface area (Å²) in [7, 11) is 3.32. The fourth-order valence-electron chi connectivity index (χ4n) is 2.79. The Bertz CT molecular complexity index is 581. The van der Waals surface area contributed by atoms with E-state index in [0.717, 1.165) is 43.5 Å². The number of halogens is 1. The van der Waals surface area contributed by atoms with Crippen LogP contribution in [-0.4, -0.2) is 56.4 Å². The molecule has 0 aliphatic carbocycles. The van der Waals surface area contributed by atoms with Crippen molar-refractivity contribution >= 4 is 29.9 Å². The zero-order valence-corrected chi connectivity index (χ0v) is 17.9. The number of rotatable bonds is 6. The summed E-state index contributed by atoms with van der Waals surface area (Å²) in [5, 5.41) is 12.5. The topological polar surface area (TPSA) is 66.3 Å². The number of methoxy groups -OCH3 is 2. The van der Waals surface area contributed by atoms with Crippen molar-refractivity contribution in [3.8, 4) is 11.5 Å². The van der Waals surface area contributed by atoms with Gasteiger partial charge in [0.2, 0.25) is 0 Å². The van der Waals surface area contributed by atoms with Crippen LogP contribution in [0.2, 0.25) is 0 Å². The Kier molecular flexibility index (Phi) is 9.34. The molecule has 1 aromatic carbocycles. The molecule has 1 aromatic rings. The van der Waals surface area contributed by atoms with Crippen molar-refractivity contribution in [2.24, 2.45) is 10.9 Å². The van der Waals surface area contributed by atoms with Crippen LogP contribution in [0.1, 0.15) is 25.0 Å². The van der Waals surface area contributed by atoms with Crippen LogP contribution in [0.3, 0.4) is 0 Å². The minimum absolute atomic E-state index is 0. The SMILES string of the molecule is CCNC(=NCC(C)CO)N1CCc2cc(OC)c(OC)cc2C1.I. The van der Waals surface area contributed by atoms with Gasteiger partial charge in [-0.3, -0.25) is 4.99 Å². The van der Waals surface area contributed by atoms with E-state index < -0.39 is 0 Å². The van der Waals surface area contributed by atoms with Gasteiger partial charge in [0.15, 0.2) is 17.5 Å². The molecule has 1 aliphatic rings. The predicted octanol–water partition coefficient (Wildman–Crippen LogP) is 2.27. The Morgan fingerprint density at radius 2 is 1.92 bits per heavy atom. The van der Waals surface area contributed by atoms with Crippen molar-refractivity contribution in [2.45, 2.75) is 26.8 Å². The van der Waals surface area contributed by atoms with Crippen molar-refractivity contribution in [1.82, 2.24) is 10.2 Å². The van der Waals surface area contributed by atoms with Gasteiger partial charge in [0.25, 0.3) is 0 Å². The number of hydrogen-bond donors (Lipinski definition) is 2. The van der Waals surface area contributed by atoms with E-state index in [0.29, 0.717) is 6.54 Å². The van der Waals surface area contributed by atoms with Crippen LogP contribution in [0.25, 0.3) is 0 Å². The minimum atomic E-state index is 0. The molecule has 25 heavy (non-hydrogen) atoms. The van der Waals surface area contributed by atoms with Crippen LogP contribution in [0, 0.1) is 5.92 Å². The maximum Gasteiger partial charge on any atom is 0.194 e. The summed E-state index contributed by atoms with van der Waals surface area (Å²) >= 11 is 0. The highest BCUT2D eigenvalue weighted by atomic mass is 127. The Morgan fingerprint density at radius 1 is 1.28 bits per heavy atom. The van der Waals surface area contributed by atoms with Gasteiger partial charge in [-0.15, -0.1) is 24.0 Å². The summed E-state index contributed by atoms with van der Waals surface area (Å²) in [6.45, 7) is 7.35. The number of guanidine groups is 1. The summed E-state index contributed by atoms with van der Waals surface area (Å²) < 4.78 is 10.8. The lowest BCUT2D eigenvalue weighted by molar-refractivity contribution is 0.241. The van der Waals surface area contributed by atoms with Gasteiger partial charge in [-0.1, -0.05) is 6.92 Å². The molecular weight excluding hydrogens is 433 g/mol. The van der Waals surface area contributed by atoms with Gasteiger partial charge in [0.1, 0.15) is 0 Å². The Morgan fingerprint density at radius 3 is 2.48 bits per heavy atom. The first-order chi connectivity index (χ1) is 11.6. The quantitative estimate of drug-likeness (QED) is 0.385. The second-order valence-corrected chi connectivity index (χ2v) is 6.13. The van der Waals surface area contributed by atoms with Crippen LogP contribution in [0.4, 0.5) is 0 Å². The minimum Gasteiger partial charge on any atom is -0.493 e. The molecule has 2 N–H and O–H groups in total. The van der Waals surface area contributed by atoms with Crippen LogP contribution >= 0.6 is 24.0 Å². The maximum absolute atomic E-state index is 9.20. The van der Waals surface area contributed by atoms with Gasteiger partial charge in [0, 0.05) is 32.8 Å². The van der Waals surface area contributed by atoms with Crippen molar-refractivity contribution in [3.63, 3.8) is 0 Å². The van der Waals surface area contributed by atoms with E-state index in [-0.39, 0.29) is 36.5 Å². The molecule has 0 amide bonds. The number of ether oxygens (including phenoxy) is 2. The number of benzene rings is 1. The van der Waals surface area contributed by atoms with Crippen molar-refractivity contribution in [1.29, 1.82) is 0 Å². The number of fused-ring (bicyclic) bond motifs is 1. The average molecular weight is 463 g/mol. The van der Waals surface area contributed by atoms with Crippen molar-refractivity contribution in [3.05, 3.63) is 23.3 Å². The normalized spacial score (nSPS) is 15.1. The number of aliphatic hydroxyl groups excluding tert-OH is 1. The van der Waals surface area contributed by atoms with Gasteiger partial charge in [0.05, 0.1) is 14.2 Å². The molecule has 0 spiro atoms. The summed E-state index contributed by atoms with van der Waals surface area (Å²) in [4.78, 5) is 6.92. The maximum atomic E-state index is 9.20. The van der Waals surface area contributed by atoms with E-state index in [1.807, 2.05) is 6.92 Å². The van der Waals surface area contributed by atoms with Crippen molar-refractivity contribution < 1.29 is 14.6 Å². The zero-order chi connectivity index (χ0) is 17.5. The fourth-order valence-corrected chi connectivity index (χ4v) is 2.79. The zero-order valence-electron chi connectivity index (χ0n) is 15.5. The van der Waals surface area contributed by atoms with Gasteiger partial charge in [-0.2, -0.15) is 0 Å². The monoisotopic (exact) mass is 463 g/mol. The molecule has 7 heteroatoms. The second kappa shape index (κ2) is 10.7. The van der Waals surface area contributed by atoms with Crippen LogP contribution in [0.15, 0.2) is 17.1 Å². The average Bonchev–Trinajstić information content (AvgIpc) is 2.62. The Balaban J connectivity index is 0.00000312. The highest BCUT2D eigenvalue weighted by molar-refractivity contribution is 14.0. The Labute approximate surface area is 167 Å². The number of aliphatic imine (C=N–C) groups is 1. The van der Waals surface area contributed by atoms with E-state index in [1.54, 1.807) is 14.2 Å². The standard InChI is InChI=1S/C18H29N3O3.HI/c1-5-19-18(20-10-13(2)12-22)21-7-6-14-8-16(23-3)17(24-4)9-15(14)11-21;/h8-9,13,22H,5-7,10-12H2,1-4H3,(H,19,20);1H. The van der Waals surface area contributed by atoms with Crippen LogP contribution < -0.4 is 14.8 Å². The third-order valence-corrected chi connectivity index (χ3v) is 4.22. The van der Waals surface area contributed by atoms with Crippen molar-refractivity contribution in [2.75, 3.05) is 40.5 Å². The third kappa shape index (κ3) is 5.64. The first-order valence-electron chi connectivity index (χ1n) is 8.50. The highest BCUT2D eigenvalue weighted by Gasteiger charge is 2.21. The third-order valence-electron chi connectivity index (χ3n) is 4.22. The van der Waals surface area contributed by atoms with E-state index >= 15 is 0 Å². The van der Waals surface area contributed by atoms with Crippen LogP contribution in [-0.2, 0) is 13.0 Å². The highest BCUT2D eigenvalue weighted by Crippen LogP contribution is 2.33. The molecule has 0 bridgehead atoms. The smallest absolute Gasteiger partial charge is 0.194 e. The Hall–Kier alpha value is -1.22. The molecule has 0 saturated carbocycles. The lowest BCUT2D eigenvalue weighted by Gasteiger charge is -2.32. The molecule has 142 valence electrons. The van der Waals surface area contributed by atoms with Gasteiger partial charge < -0.3 is 24.8 Å². The van der Waals surface area contributed by atoms with E-state index in [9.17, 15) is 5.11 Å². The number of aliphatic hydroxyl groups is 1. The largest absolute Gasteiger partial charge is 0.493 e. The molecule has 1 atom stereocenters. The second-order valence-electron chi connectivity index (χ2n) is 6.13. The molecular formula is C18H30IN3O3. The van der Waals surface area contributed by atoms with Crippen LogP contribution in [0.5, 0.6) is 11.5 Å². The molecule has 1 aliphatic heterocycles. The number of nitrogens with zero attached hydrogens (tertiary/aromatic N) is 2. The van der Waals surface area contributed by atoms with E-state index in [1.165, 1.54) is 11.1 Å². The molecule has 0 radical (unpaired) electrons. The molecule has 0 saturated heterocycles. The predicted molar refractivity (Wildman–Crippen MR) is 111 cm³/mol. The van der Waals surface area contributed by atoms with Gasteiger partial charge in [-0.05, 0) is 42.5 Å². The first-order valence-corrected chi connectivity index (χ1v) is 8.50. The van der Waals surface area contributed by atoms with Gasteiger partial charge in [-0.25, -0.2) is 0 Å². The fraction of sp³-hybridized carbons (Fsp3) is 0.611. The number of hydrogen-bond acceptors (Lipinski definition) is 4. The molecule has 0 fully saturated rings. The number of nitrogens with one attached hydrogen (secondary N) is 1. The lowest BCUT2D eigenvalue weighted by Crippen LogP contribution is -2.44. The molecule has 0 aromatic heterocycles. The molecule has 6 nitrogen and oxygen atoms in total. The molecule has 1 unspecified atom stereocenters. The lowest BCUT2D eigenvalue weighted by atomic mass is 9.99. The van der Waals surface area contributed by atoms with Gasteiger partial charge >= 0.3 is 0 Å². The summed E-state index contributed by atoms with van der Waals surface area (Å²) in [6.07, 6.45) is 0.940. The van der Waals surface area contributed by atoms with E-state index in [4.69, 9.17) is 9.47 Å². The summed E-state index contributed by atoms with van der Waals surface area (Å²) in [5.74, 6) is 2.61. The molecule has 1 heterocycles.